The molecule has 2 rings (SSSR count). The number of carbonyl (C=O) groups is 1. The largest absolute Gasteiger partial charge is 0.469 e. The smallest absolute Gasteiger partial charge is 0.309 e. The van der Waals surface area contributed by atoms with Crippen molar-refractivity contribution in [1.29, 1.82) is 0 Å². The molecule has 1 N–H and O–H groups in total. The van der Waals surface area contributed by atoms with Gasteiger partial charge in [-0.3, -0.25) is 9.69 Å². The van der Waals surface area contributed by atoms with Gasteiger partial charge in [-0.25, -0.2) is 0 Å². The Morgan fingerprint density at radius 3 is 2.50 bits per heavy atom. The lowest BCUT2D eigenvalue weighted by Crippen LogP contribution is -2.47. The second-order valence-electron chi connectivity index (χ2n) is 5.13. The van der Waals surface area contributed by atoms with Crippen molar-refractivity contribution >= 4 is 5.97 Å². The molecule has 0 aliphatic carbocycles. The molecule has 0 aromatic rings. The summed E-state index contributed by atoms with van der Waals surface area (Å²) in [7, 11) is 1.44. The number of aliphatic hydroxyl groups excluding tert-OH is 1. The van der Waals surface area contributed by atoms with Crippen molar-refractivity contribution in [3.05, 3.63) is 0 Å². The van der Waals surface area contributed by atoms with Gasteiger partial charge in [-0.2, -0.15) is 0 Å². The number of piperidine rings is 1. The molecule has 4 heteroatoms. The van der Waals surface area contributed by atoms with E-state index in [1.165, 1.54) is 7.11 Å². The van der Waals surface area contributed by atoms with Gasteiger partial charge in [0.15, 0.2) is 0 Å². The zero-order chi connectivity index (χ0) is 11.7. The predicted octanol–water partition coefficient (Wildman–Crippen LogP) is 0.783. The number of methoxy groups -OCH3 is 1. The Bertz CT molecular complexity index is 255. The molecule has 0 saturated carbocycles. The molecule has 0 aromatic carbocycles. The second kappa shape index (κ2) is 4.72. The molecule has 0 amide bonds. The number of ether oxygens (including phenoxy) is 1. The summed E-state index contributed by atoms with van der Waals surface area (Å²) in [6.45, 7) is 2.69. The van der Waals surface area contributed by atoms with E-state index in [4.69, 9.17) is 4.74 Å². The highest BCUT2D eigenvalue weighted by molar-refractivity contribution is 5.72. The van der Waals surface area contributed by atoms with Crippen molar-refractivity contribution in [3.63, 3.8) is 0 Å². The summed E-state index contributed by atoms with van der Waals surface area (Å²) in [5.41, 5.74) is 0. The number of carbonyl (C=O) groups excluding carboxylic acids is 1. The second-order valence-corrected chi connectivity index (χ2v) is 5.13. The molecule has 92 valence electrons. The van der Waals surface area contributed by atoms with Crippen LogP contribution in [0.5, 0.6) is 0 Å². The maximum atomic E-state index is 11.4. The summed E-state index contributed by atoms with van der Waals surface area (Å²) in [4.78, 5) is 13.8. The van der Waals surface area contributed by atoms with Crippen molar-refractivity contribution < 1.29 is 14.6 Å². The number of aliphatic hydroxyl groups is 1. The summed E-state index contributed by atoms with van der Waals surface area (Å²) < 4.78 is 4.75. The first-order valence-electron chi connectivity index (χ1n) is 6.13. The first-order valence-corrected chi connectivity index (χ1v) is 6.13. The van der Waals surface area contributed by atoms with Crippen LogP contribution < -0.4 is 0 Å². The number of rotatable bonds is 3. The van der Waals surface area contributed by atoms with Crippen LogP contribution in [0.4, 0.5) is 0 Å². The Kier molecular flexibility index (Phi) is 3.50. The van der Waals surface area contributed by atoms with Gasteiger partial charge in [0.1, 0.15) is 0 Å². The summed E-state index contributed by atoms with van der Waals surface area (Å²) in [6, 6.07) is 0.946. The molecule has 16 heavy (non-hydrogen) atoms. The molecule has 2 fully saturated rings. The van der Waals surface area contributed by atoms with Gasteiger partial charge in [0.05, 0.1) is 19.1 Å². The lowest BCUT2D eigenvalue weighted by atomic mass is 9.98. The average Bonchev–Trinajstić information content (AvgIpc) is 2.51. The highest BCUT2D eigenvalue weighted by Gasteiger charge is 2.40. The van der Waals surface area contributed by atoms with Gasteiger partial charge in [0, 0.05) is 18.6 Å². The van der Waals surface area contributed by atoms with Gasteiger partial charge in [0.2, 0.25) is 0 Å². The van der Waals surface area contributed by atoms with Gasteiger partial charge in [0.25, 0.3) is 0 Å². The van der Waals surface area contributed by atoms with Crippen LogP contribution in [0.25, 0.3) is 0 Å². The predicted molar refractivity (Wildman–Crippen MR) is 59.9 cm³/mol. The molecule has 3 atom stereocenters. The highest BCUT2D eigenvalue weighted by atomic mass is 16.5. The third-order valence-electron chi connectivity index (χ3n) is 3.95. The van der Waals surface area contributed by atoms with Crippen LogP contribution in [0.15, 0.2) is 0 Å². The monoisotopic (exact) mass is 227 g/mol. The van der Waals surface area contributed by atoms with E-state index in [9.17, 15) is 9.90 Å². The van der Waals surface area contributed by atoms with E-state index in [1.54, 1.807) is 0 Å². The Hall–Kier alpha value is -0.610. The highest BCUT2D eigenvalue weighted by Crippen LogP contribution is 2.36. The zero-order valence-electron chi connectivity index (χ0n) is 10.1. The number of hydrogen-bond donors (Lipinski definition) is 1. The van der Waals surface area contributed by atoms with E-state index in [2.05, 4.69) is 4.90 Å². The SMILES string of the molecule is COC(=O)C(C)CN1C2CCC1CC(O)C2. The fraction of sp³-hybridized carbons (Fsp3) is 0.917. The van der Waals surface area contributed by atoms with Crippen LogP contribution in [0.1, 0.15) is 32.6 Å². The third kappa shape index (κ3) is 2.23. The number of nitrogens with zero attached hydrogens (tertiary/aromatic N) is 1. The van der Waals surface area contributed by atoms with Gasteiger partial charge < -0.3 is 9.84 Å². The standard InChI is InChI=1S/C12H21NO3/c1-8(12(15)16-2)7-13-9-3-4-10(13)6-11(14)5-9/h8-11,14H,3-7H2,1-2H3. The molecule has 0 aromatic heterocycles. The van der Waals surface area contributed by atoms with Gasteiger partial charge in [-0.1, -0.05) is 6.92 Å². The van der Waals surface area contributed by atoms with Crippen molar-refractivity contribution in [2.75, 3.05) is 13.7 Å². The molecule has 2 aliphatic heterocycles. The van der Waals surface area contributed by atoms with Crippen LogP contribution in [0, 0.1) is 5.92 Å². The molecule has 2 aliphatic rings. The summed E-state index contributed by atoms with van der Waals surface area (Å²) in [6.07, 6.45) is 3.92. The van der Waals surface area contributed by atoms with Crippen LogP contribution in [-0.2, 0) is 9.53 Å². The van der Waals surface area contributed by atoms with Crippen LogP contribution >= 0.6 is 0 Å². The van der Waals surface area contributed by atoms with Crippen molar-refractivity contribution in [2.24, 2.45) is 5.92 Å². The summed E-state index contributed by atoms with van der Waals surface area (Å²) >= 11 is 0. The summed E-state index contributed by atoms with van der Waals surface area (Å²) in [5.74, 6) is -0.200. The lowest BCUT2D eigenvalue weighted by Gasteiger charge is -2.38. The quantitative estimate of drug-likeness (QED) is 0.724. The maximum absolute atomic E-state index is 11.4. The molecule has 2 bridgehead atoms. The Morgan fingerprint density at radius 2 is 2.00 bits per heavy atom. The minimum absolute atomic E-state index is 0.0663. The molecular formula is C12H21NO3. The first kappa shape index (κ1) is 11.9. The van der Waals surface area contributed by atoms with Crippen LogP contribution in [0.2, 0.25) is 0 Å². The van der Waals surface area contributed by atoms with E-state index in [0.29, 0.717) is 12.1 Å². The first-order chi connectivity index (χ1) is 7.61. The fourth-order valence-electron chi connectivity index (χ4n) is 3.14. The topological polar surface area (TPSA) is 49.8 Å². The number of esters is 1. The van der Waals surface area contributed by atoms with E-state index in [0.717, 1.165) is 32.2 Å². The number of fused-ring (bicyclic) bond motifs is 2. The van der Waals surface area contributed by atoms with Crippen LogP contribution in [0.3, 0.4) is 0 Å². The van der Waals surface area contributed by atoms with E-state index in [-0.39, 0.29) is 18.0 Å². The molecule has 2 saturated heterocycles. The van der Waals surface area contributed by atoms with Crippen molar-refractivity contribution in [3.8, 4) is 0 Å². The van der Waals surface area contributed by atoms with Crippen molar-refractivity contribution in [1.82, 2.24) is 4.90 Å². The Balaban J connectivity index is 1.93. The maximum Gasteiger partial charge on any atom is 0.309 e. The molecule has 0 spiro atoms. The Morgan fingerprint density at radius 1 is 1.44 bits per heavy atom. The van der Waals surface area contributed by atoms with Crippen LogP contribution in [-0.4, -0.2) is 47.8 Å². The normalized spacial score (nSPS) is 36.1. The van der Waals surface area contributed by atoms with Gasteiger partial charge in [-0.05, 0) is 25.7 Å². The van der Waals surface area contributed by atoms with Gasteiger partial charge in [-0.15, -0.1) is 0 Å². The fourth-order valence-corrected chi connectivity index (χ4v) is 3.14. The third-order valence-corrected chi connectivity index (χ3v) is 3.95. The molecule has 3 unspecified atom stereocenters. The number of hydrogen-bond acceptors (Lipinski definition) is 4. The Labute approximate surface area is 96.6 Å². The minimum Gasteiger partial charge on any atom is -0.469 e. The molecular weight excluding hydrogens is 206 g/mol. The van der Waals surface area contributed by atoms with Crippen molar-refractivity contribution in [2.45, 2.75) is 50.8 Å². The van der Waals surface area contributed by atoms with Gasteiger partial charge >= 0.3 is 5.97 Å². The van der Waals surface area contributed by atoms with E-state index >= 15 is 0 Å². The minimum atomic E-state index is -0.137. The molecule has 2 heterocycles. The lowest BCUT2D eigenvalue weighted by molar-refractivity contribution is -0.146. The molecule has 0 radical (unpaired) electrons. The zero-order valence-corrected chi connectivity index (χ0v) is 10.1. The summed E-state index contributed by atoms with van der Waals surface area (Å²) in [5, 5.41) is 9.68. The van der Waals surface area contributed by atoms with E-state index in [1.807, 2.05) is 6.92 Å². The molecule has 4 nitrogen and oxygen atoms in total. The van der Waals surface area contributed by atoms with E-state index < -0.39 is 0 Å². The average molecular weight is 227 g/mol.